The van der Waals surface area contributed by atoms with E-state index in [9.17, 15) is 26.4 Å². The number of nitrogens with zero attached hydrogens (tertiary/aromatic N) is 2. The van der Waals surface area contributed by atoms with E-state index in [4.69, 9.17) is 0 Å². The Morgan fingerprint density at radius 2 is 0.891 bits per heavy atom. The summed E-state index contributed by atoms with van der Waals surface area (Å²) in [5, 5.41) is 8.94. The topological polar surface area (TPSA) is 183 Å². The van der Waals surface area contributed by atoms with Crippen molar-refractivity contribution >= 4 is 86.4 Å². The average molecular weight is 647 g/mol. The minimum Gasteiger partial charge on any atom is -0.338 e. The van der Waals surface area contributed by atoms with Gasteiger partial charge in [0.2, 0.25) is 0 Å². The number of rotatable bonds is 2. The van der Waals surface area contributed by atoms with Gasteiger partial charge in [0.05, 0.1) is 22.5 Å². The van der Waals surface area contributed by atoms with Crippen LogP contribution in [0.25, 0.3) is 43.4 Å². The maximum atomic E-state index is 13.8. The summed E-state index contributed by atoms with van der Waals surface area (Å²) in [6.45, 7) is 0. The maximum absolute atomic E-state index is 13.8. The van der Waals surface area contributed by atoms with Crippen molar-refractivity contribution in [1.29, 1.82) is 0 Å². The highest BCUT2D eigenvalue weighted by Crippen LogP contribution is 2.42. The lowest BCUT2D eigenvalue weighted by Gasteiger charge is -2.22. The summed E-state index contributed by atoms with van der Waals surface area (Å²) in [4.78, 5) is 33.4. The molecule has 2 aromatic heterocycles. The van der Waals surface area contributed by atoms with Crippen molar-refractivity contribution in [2.24, 2.45) is 8.80 Å². The molecular formula is C32H18N6O6S2. The molecule has 5 aromatic carbocycles. The lowest BCUT2D eigenvalue weighted by atomic mass is 9.88. The molecule has 4 heterocycles. The number of aromatic nitrogens is 2. The van der Waals surface area contributed by atoms with E-state index in [-0.39, 0.29) is 44.0 Å². The fraction of sp³-hybridized carbons (Fsp3) is 0. The van der Waals surface area contributed by atoms with Crippen molar-refractivity contribution in [3.8, 4) is 0 Å². The molecule has 224 valence electrons. The van der Waals surface area contributed by atoms with Crippen LogP contribution in [0.4, 0.5) is 11.4 Å². The fourth-order valence-electron chi connectivity index (χ4n) is 6.55. The summed E-state index contributed by atoms with van der Waals surface area (Å²) >= 11 is 0. The van der Waals surface area contributed by atoms with Gasteiger partial charge >= 0.3 is 0 Å². The highest BCUT2D eigenvalue weighted by atomic mass is 32.2. The summed E-state index contributed by atoms with van der Waals surface area (Å²) in [7, 11) is -8.31. The number of anilines is 2. The summed E-state index contributed by atoms with van der Waals surface area (Å²) in [6, 6.07) is 22.9. The molecule has 0 fully saturated rings. The number of sulfonamides is 2. The van der Waals surface area contributed by atoms with Gasteiger partial charge < -0.3 is 20.6 Å². The van der Waals surface area contributed by atoms with E-state index in [0.717, 1.165) is 0 Å². The molecule has 0 saturated heterocycles. The van der Waals surface area contributed by atoms with Crippen molar-refractivity contribution in [2.75, 3.05) is 10.6 Å². The monoisotopic (exact) mass is 646 g/mol. The predicted octanol–water partition coefficient (Wildman–Crippen LogP) is 4.24. The number of aromatic amines is 2. The second-order valence-electron chi connectivity index (χ2n) is 10.9. The van der Waals surface area contributed by atoms with Crippen molar-refractivity contribution < 1.29 is 16.8 Å². The molecule has 12 nitrogen and oxygen atoms in total. The van der Waals surface area contributed by atoms with E-state index in [1.807, 2.05) is 0 Å². The van der Waals surface area contributed by atoms with E-state index in [1.54, 1.807) is 72.8 Å². The van der Waals surface area contributed by atoms with Crippen molar-refractivity contribution in [3.05, 3.63) is 117 Å². The van der Waals surface area contributed by atoms with Crippen LogP contribution in [0.3, 0.4) is 0 Å². The SMILES string of the molecule is O=c1[nH]c2cccc3c4c(C5=NS(=O)(=O)c6ccccc6N5)c(=O)[nH]c5cccc(c(c1C1=NS(=O)(=O)c6ccccc6N1)c23)c54. The Labute approximate surface area is 258 Å². The number of hydrogen-bond donors (Lipinski definition) is 4. The minimum absolute atomic E-state index is 0.00596. The van der Waals surface area contributed by atoms with Crippen LogP contribution in [-0.2, 0) is 20.0 Å². The summed E-state index contributed by atoms with van der Waals surface area (Å²) in [5.74, 6) is -0.310. The van der Waals surface area contributed by atoms with Gasteiger partial charge in [-0.05, 0) is 47.2 Å². The first-order valence-corrected chi connectivity index (χ1v) is 16.8. The Kier molecular flexibility index (Phi) is 5.11. The third-order valence-electron chi connectivity index (χ3n) is 8.35. The van der Waals surface area contributed by atoms with Crippen LogP contribution in [0, 0.1) is 0 Å². The maximum Gasteiger partial charge on any atom is 0.286 e. The van der Waals surface area contributed by atoms with E-state index >= 15 is 0 Å². The number of hydrogen-bond acceptors (Lipinski definition) is 8. The quantitative estimate of drug-likeness (QED) is 0.159. The fourth-order valence-corrected chi connectivity index (χ4v) is 8.80. The smallest absolute Gasteiger partial charge is 0.286 e. The first kappa shape index (κ1) is 26.5. The lowest BCUT2D eigenvalue weighted by molar-refractivity contribution is 0.596. The molecular weight excluding hydrogens is 629 g/mol. The summed E-state index contributed by atoms with van der Waals surface area (Å²) in [5.41, 5.74) is 0.228. The zero-order chi connectivity index (χ0) is 31.5. The van der Waals surface area contributed by atoms with Crippen molar-refractivity contribution in [2.45, 2.75) is 9.79 Å². The number of H-pyrrole nitrogens is 2. The van der Waals surface area contributed by atoms with Crippen LogP contribution >= 0.6 is 0 Å². The Morgan fingerprint density at radius 3 is 1.33 bits per heavy atom. The highest BCUT2D eigenvalue weighted by molar-refractivity contribution is 7.90. The van der Waals surface area contributed by atoms with Gasteiger partial charge in [-0.1, -0.05) is 48.5 Å². The van der Waals surface area contributed by atoms with Crippen LogP contribution < -0.4 is 21.8 Å². The molecule has 0 spiro atoms. The molecule has 0 amide bonds. The zero-order valence-electron chi connectivity index (χ0n) is 23.2. The van der Waals surface area contributed by atoms with Gasteiger partial charge in [0, 0.05) is 32.6 Å². The van der Waals surface area contributed by atoms with E-state index < -0.39 is 31.2 Å². The Bertz CT molecular complexity index is 2740. The van der Waals surface area contributed by atoms with Gasteiger partial charge in [-0.3, -0.25) is 9.59 Å². The summed E-state index contributed by atoms with van der Waals surface area (Å²) < 4.78 is 61.0. The highest BCUT2D eigenvalue weighted by Gasteiger charge is 2.32. The second kappa shape index (κ2) is 8.87. The molecule has 2 aliphatic rings. The van der Waals surface area contributed by atoms with Gasteiger partial charge in [0.15, 0.2) is 11.7 Å². The largest absolute Gasteiger partial charge is 0.338 e. The van der Waals surface area contributed by atoms with Crippen LogP contribution in [-0.4, -0.2) is 38.5 Å². The molecule has 0 unspecified atom stereocenters. The second-order valence-corrected chi connectivity index (χ2v) is 14.1. The molecule has 14 heteroatoms. The van der Waals surface area contributed by atoms with Crippen LogP contribution in [0.2, 0.25) is 0 Å². The van der Waals surface area contributed by atoms with Gasteiger partial charge in [-0.25, -0.2) is 0 Å². The number of para-hydroxylation sites is 2. The van der Waals surface area contributed by atoms with Crippen molar-refractivity contribution in [3.63, 3.8) is 0 Å². The zero-order valence-corrected chi connectivity index (χ0v) is 24.9. The molecule has 7 aromatic rings. The van der Waals surface area contributed by atoms with Crippen LogP contribution in [0.15, 0.2) is 113 Å². The number of benzene rings is 5. The molecule has 0 aliphatic carbocycles. The first-order valence-electron chi connectivity index (χ1n) is 13.9. The number of fused-ring (bicyclic) bond motifs is 4. The molecule has 46 heavy (non-hydrogen) atoms. The van der Waals surface area contributed by atoms with E-state index in [1.165, 1.54) is 12.1 Å². The number of pyridine rings is 2. The molecule has 0 radical (unpaired) electrons. The van der Waals surface area contributed by atoms with Gasteiger partial charge in [-0.2, -0.15) is 16.8 Å². The number of nitrogens with one attached hydrogen (secondary N) is 4. The Balaban J connectivity index is 1.45. The van der Waals surface area contributed by atoms with Crippen molar-refractivity contribution in [1.82, 2.24) is 9.97 Å². The lowest BCUT2D eigenvalue weighted by Crippen LogP contribution is -2.30. The van der Waals surface area contributed by atoms with Gasteiger partial charge in [0.25, 0.3) is 31.2 Å². The molecule has 4 N–H and O–H groups in total. The first-order chi connectivity index (χ1) is 22.1. The molecule has 0 atom stereocenters. The van der Waals surface area contributed by atoms with E-state index in [0.29, 0.717) is 43.4 Å². The molecule has 0 saturated carbocycles. The molecule has 2 aliphatic heterocycles. The normalized spacial score (nSPS) is 16.4. The standard InChI is InChI=1S/C32H18N6O6S2/c39-31-27(29-33-17-9-1-3-13-21(17)45(41,42)37-29)25-15-7-5-12-20-24(15)26(16-8-6-11-19(35-31)23(16)25)28(32(40)36-20)30-34-18-10-2-4-14-22(18)46(43,44)38-30/h1-14H,(H,33,37)(H,34,38)(H,35,39)(H,36,40). The van der Waals surface area contributed by atoms with Gasteiger partial charge in [0.1, 0.15) is 9.79 Å². The minimum atomic E-state index is -4.16. The summed E-state index contributed by atoms with van der Waals surface area (Å²) in [6.07, 6.45) is 0. The Hall–Kier alpha value is -5.86. The predicted molar refractivity (Wildman–Crippen MR) is 176 cm³/mol. The van der Waals surface area contributed by atoms with Crippen LogP contribution in [0.5, 0.6) is 0 Å². The molecule has 9 rings (SSSR count). The average Bonchev–Trinajstić information content (AvgIpc) is 3.02. The molecule has 0 bridgehead atoms. The third kappa shape index (κ3) is 3.53. The third-order valence-corrected chi connectivity index (χ3v) is 11.0. The van der Waals surface area contributed by atoms with Crippen LogP contribution in [0.1, 0.15) is 11.1 Å². The number of amidine groups is 2. The van der Waals surface area contributed by atoms with Gasteiger partial charge in [-0.15, -0.1) is 8.80 Å². The van der Waals surface area contributed by atoms with E-state index in [2.05, 4.69) is 29.4 Å². The Morgan fingerprint density at radius 1 is 0.478 bits per heavy atom.